The highest BCUT2D eigenvalue weighted by molar-refractivity contribution is 5.76. The van der Waals surface area contributed by atoms with Crippen molar-refractivity contribution in [3.8, 4) is 0 Å². The minimum atomic E-state index is -0.388. The van der Waals surface area contributed by atoms with Gasteiger partial charge in [0.05, 0.1) is 0 Å². The average molecular weight is 190 g/mol. The summed E-state index contributed by atoms with van der Waals surface area (Å²) >= 11 is 0. The van der Waals surface area contributed by atoms with Crippen LogP contribution in [0.4, 0.5) is 4.39 Å². The lowest BCUT2D eigenvalue weighted by molar-refractivity contribution is -0.122. The number of carbonyl (C=O) groups is 1. The van der Waals surface area contributed by atoms with Crippen molar-refractivity contribution in [3.05, 3.63) is 0 Å². The molecule has 0 atom stereocenters. The number of hydrogen-bond acceptors (Lipinski definition) is 2. The van der Waals surface area contributed by atoms with Crippen LogP contribution >= 0.6 is 0 Å². The van der Waals surface area contributed by atoms with Crippen molar-refractivity contribution >= 4 is 5.91 Å². The molecule has 0 fully saturated rings. The Morgan fingerprint density at radius 3 is 2.38 bits per heavy atom. The highest BCUT2D eigenvalue weighted by atomic mass is 19.1. The van der Waals surface area contributed by atoms with Gasteiger partial charge in [-0.2, -0.15) is 0 Å². The normalized spacial score (nSPS) is 11.4. The third-order valence-corrected chi connectivity index (χ3v) is 1.31. The van der Waals surface area contributed by atoms with Gasteiger partial charge in [-0.15, -0.1) is 0 Å². The van der Waals surface area contributed by atoms with E-state index in [0.717, 1.165) is 0 Å². The van der Waals surface area contributed by atoms with Gasteiger partial charge >= 0.3 is 0 Å². The lowest BCUT2D eigenvalue weighted by Crippen LogP contribution is -2.41. The molecular formula is C9H19FN2O. The minimum Gasteiger partial charge on any atom is -0.351 e. The Kier molecular flexibility index (Phi) is 5.62. The maximum Gasteiger partial charge on any atom is 0.221 e. The van der Waals surface area contributed by atoms with Gasteiger partial charge in [0.2, 0.25) is 5.91 Å². The van der Waals surface area contributed by atoms with Crippen LogP contribution < -0.4 is 10.6 Å². The molecule has 13 heavy (non-hydrogen) atoms. The zero-order chi connectivity index (χ0) is 10.3. The van der Waals surface area contributed by atoms with E-state index in [0.29, 0.717) is 19.5 Å². The van der Waals surface area contributed by atoms with Crippen LogP contribution in [0.3, 0.4) is 0 Å². The predicted octanol–water partition coefficient (Wildman–Crippen LogP) is 0.850. The Hall–Kier alpha value is -0.640. The first-order valence-corrected chi connectivity index (χ1v) is 4.53. The molecule has 0 aliphatic heterocycles. The van der Waals surface area contributed by atoms with Crippen LogP contribution in [0.15, 0.2) is 0 Å². The second-order valence-corrected chi connectivity index (χ2v) is 3.99. The van der Waals surface area contributed by atoms with Crippen molar-refractivity contribution < 1.29 is 9.18 Å². The number of rotatable bonds is 5. The van der Waals surface area contributed by atoms with Crippen molar-refractivity contribution in [1.82, 2.24) is 10.6 Å². The topological polar surface area (TPSA) is 41.1 Å². The molecule has 0 aliphatic rings. The Balaban J connectivity index is 3.41. The highest BCUT2D eigenvalue weighted by Gasteiger charge is 2.12. The Bertz CT molecular complexity index is 154. The largest absolute Gasteiger partial charge is 0.351 e. The van der Waals surface area contributed by atoms with E-state index in [1.165, 1.54) is 0 Å². The van der Waals surface area contributed by atoms with Crippen LogP contribution in [0, 0.1) is 0 Å². The standard InChI is InChI=1S/C9H19FN2O/c1-9(2,3)12-8(13)4-6-11-7-5-10/h11H,4-7H2,1-3H3,(H,12,13). The second kappa shape index (κ2) is 5.91. The summed E-state index contributed by atoms with van der Waals surface area (Å²) in [5.74, 6) is -0.00106. The van der Waals surface area contributed by atoms with E-state index < -0.39 is 0 Å². The van der Waals surface area contributed by atoms with Crippen molar-refractivity contribution in [2.24, 2.45) is 0 Å². The van der Waals surface area contributed by atoms with Gasteiger partial charge < -0.3 is 10.6 Å². The Labute approximate surface area is 79.1 Å². The number of amides is 1. The Morgan fingerprint density at radius 2 is 1.92 bits per heavy atom. The molecule has 0 rings (SSSR count). The summed E-state index contributed by atoms with van der Waals surface area (Å²) in [4.78, 5) is 11.2. The van der Waals surface area contributed by atoms with Gasteiger partial charge in [-0.3, -0.25) is 4.79 Å². The van der Waals surface area contributed by atoms with E-state index in [-0.39, 0.29) is 18.1 Å². The molecule has 0 aromatic rings. The summed E-state index contributed by atoms with van der Waals surface area (Å²) in [6, 6.07) is 0. The monoisotopic (exact) mass is 190 g/mol. The second-order valence-electron chi connectivity index (χ2n) is 3.99. The molecule has 78 valence electrons. The molecular weight excluding hydrogens is 171 g/mol. The lowest BCUT2D eigenvalue weighted by atomic mass is 10.1. The summed E-state index contributed by atoms with van der Waals surface area (Å²) in [6.07, 6.45) is 0.400. The van der Waals surface area contributed by atoms with Crippen molar-refractivity contribution in [3.63, 3.8) is 0 Å². The molecule has 0 aromatic carbocycles. The minimum absolute atomic E-state index is 0.00106. The van der Waals surface area contributed by atoms with Crippen LogP contribution in [0.2, 0.25) is 0 Å². The zero-order valence-corrected chi connectivity index (χ0v) is 8.61. The summed E-state index contributed by atoms with van der Waals surface area (Å²) < 4.78 is 11.6. The van der Waals surface area contributed by atoms with Crippen LogP contribution in [0.25, 0.3) is 0 Å². The summed E-state index contributed by atoms with van der Waals surface area (Å²) in [5.41, 5.74) is -0.183. The van der Waals surface area contributed by atoms with Gasteiger partial charge in [0.1, 0.15) is 6.67 Å². The molecule has 2 N–H and O–H groups in total. The quantitative estimate of drug-likeness (QED) is 0.631. The fraction of sp³-hybridized carbons (Fsp3) is 0.889. The van der Waals surface area contributed by atoms with Crippen molar-refractivity contribution in [1.29, 1.82) is 0 Å². The maximum absolute atomic E-state index is 11.6. The van der Waals surface area contributed by atoms with Gasteiger partial charge in [0.15, 0.2) is 0 Å². The first kappa shape index (κ1) is 12.4. The predicted molar refractivity (Wildman–Crippen MR) is 51.4 cm³/mol. The number of hydrogen-bond donors (Lipinski definition) is 2. The fourth-order valence-corrected chi connectivity index (χ4v) is 0.874. The van der Waals surface area contributed by atoms with Crippen LogP contribution in [0.1, 0.15) is 27.2 Å². The fourth-order valence-electron chi connectivity index (χ4n) is 0.874. The van der Waals surface area contributed by atoms with Gasteiger partial charge in [0, 0.05) is 25.0 Å². The molecule has 0 saturated carbocycles. The van der Waals surface area contributed by atoms with E-state index in [9.17, 15) is 9.18 Å². The molecule has 0 bridgehead atoms. The SMILES string of the molecule is CC(C)(C)NC(=O)CCNCCF. The van der Waals surface area contributed by atoms with E-state index in [4.69, 9.17) is 0 Å². The molecule has 3 nitrogen and oxygen atoms in total. The number of alkyl halides is 1. The third-order valence-electron chi connectivity index (χ3n) is 1.31. The molecule has 0 heterocycles. The van der Waals surface area contributed by atoms with Crippen molar-refractivity contribution in [2.45, 2.75) is 32.7 Å². The molecule has 0 radical (unpaired) electrons. The smallest absolute Gasteiger partial charge is 0.221 e. The van der Waals surface area contributed by atoms with E-state index in [1.54, 1.807) is 0 Å². The van der Waals surface area contributed by atoms with Crippen molar-refractivity contribution in [2.75, 3.05) is 19.8 Å². The van der Waals surface area contributed by atoms with Gasteiger partial charge in [-0.05, 0) is 20.8 Å². The van der Waals surface area contributed by atoms with E-state index >= 15 is 0 Å². The molecule has 0 unspecified atom stereocenters. The Morgan fingerprint density at radius 1 is 1.31 bits per heavy atom. The summed E-state index contributed by atoms with van der Waals surface area (Å²) in [6.45, 7) is 6.26. The van der Waals surface area contributed by atoms with Crippen LogP contribution in [-0.2, 0) is 4.79 Å². The number of halogens is 1. The van der Waals surface area contributed by atoms with Gasteiger partial charge in [-0.25, -0.2) is 4.39 Å². The van der Waals surface area contributed by atoms with E-state index in [2.05, 4.69) is 10.6 Å². The molecule has 4 heteroatoms. The van der Waals surface area contributed by atoms with E-state index in [1.807, 2.05) is 20.8 Å². The van der Waals surface area contributed by atoms with Gasteiger partial charge in [0.25, 0.3) is 0 Å². The average Bonchev–Trinajstić information content (AvgIpc) is 1.94. The molecule has 0 aromatic heterocycles. The highest BCUT2D eigenvalue weighted by Crippen LogP contribution is 1.98. The first-order valence-electron chi connectivity index (χ1n) is 4.53. The third kappa shape index (κ3) is 9.27. The molecule has 0 spiro atoms. The molecule has 0 aliphatic carbocycles. The number of nitrogens with one attached hydrogen (secondary N) is 2. The lowest BCUT2D eigenvalue weighted by Gasteiger charge is -2.20. The number of carbonyl (C=O) groups excluding carboxylic acids is 1. The zero-order valence-electron chi connectivity index (χ0n) is 8.61. The molecule has 0 saturated heterocycles. The molecule has 1 amide bonds. The van der Waals surface area contributed by atoms with Gasteiger partial charge in [-0.1, -0.05) is 0 Å². The summed E-state index contributed by atoms with van der Waals surface area (Å²) in [7, 11) is 0. The van der Waals surface area contributed by atoms with Crippen LogP contribution in [-0.4, -0.2) is 31.2 Å². The first-order chi connectivity index (χ1) is 5.95. The van der Waals surface area contributed by atoms with Crippen LogP contribution in [0.5, 0.6) is 0 Å². The summed E-state index contributed by atoms with van der Waals surface area (Å²) in [5, 5.41) is 5.64. The maximum atomic E-state index is 11.6.